The predicted octanol–water partition coefficient (Wildman–Crippen LogP) is 3.39. The number of unbranched alkanes of at least 4 members (excludes halogenated alkanes) is 5. The highest BCUT2D eigenvalue weighted by Crippen LogP contribution is 2.19. The molecule has 0 unspecified atom stereocenters. The van der Waals surface area contributed by atoms with E-state index in [4.69, 9.17) is 4.52 Å². The van der Waals surface area contributed by atoms with Gasteiger partial charge < -0.3 is 4.52 Å². The Bertz CT molecular complexity index is 480. The van der Waals surface area contributed by atoms with Crippen molar-refractivity contribution in [2.75, 3.05) is 10.5 Å². The summed E-state index contributed by atoms with van der Waals surface area (Å²) in [4.78, 5) is 0. The smallest absolute Gasteiger partial charge is 0.241 e. The van der Waals surface area contributed by atoms with Crippen molar-refractivity contribution in [3.63, 3.8) is 0 Å². The van der Waals surface area contributed by atoms with Crippen LogP contribution >= 0.6 is 0 Å². The largest absolute Gasteiger partial charge is 0.337 e. The number of nitrogens with one attached hydrogen (secondary N) is 1. The summed E-state index contributed by atoms with van der Waals surface area (Å²) in [5, 5.41) is 3.73. The van der Waals surface area contributed by atoms with E-state index in [9.17, 15) is 8.42 Å². The Morgan fingerprint density at radius 1 is 1.11 bits per heavy atom. The fraction of sp³-hybridized carbons (Fsp3) is 0.769. The summed E-state index contributed by atoms with van der Waals surface area (Å²) in [7, 11) is -3.32. The van der Waals surface area contributed by atoms with Crippen LogP contribution in [0.25, 0.3) is 0 Å². The molecule has 0 aliphatic heterocycles. The molecule has 5 nitrogen and oxygen atoms in total. The number of aromatic nitrogens is 1. The van der Waals surface area contributed by atoms with Gasteiger partial charge in [0.1, 0.15) is 0 Å². The summed E-state index contributed by atoms with van der Waals surface area (Å²) in [6.45, 7) is 5.73. The molecule has 0 aliphatic rings. The highest BCUT2D eigenvalue weighted by atomic mass is 32.2. The Balaban J connectivity index is 2.34. The van der Waals surface area contributed by atoms with Crippen LogP contribution in [0, 0.1) is 13.8 Å². The highest BCUT2D eigenvalue weighted by molar-refractivity contribution is 7.92. The van der Waals surface area contributed by atoms with E-state index < -0.39 is 10.0 Å². The van der Waals surface area contributed by atoms with Crippen LogP contribution in [0.2, 0.25) is 0 Å². The van der Waals surface area contributed by atoms with Crippen molar-refractivity contribution in [3.05, 3.63) is 11.3 Å². The first-order valence-corrected chi connectivity index (χ1v) is 8.55. The van der Waals surface area contributed by atoms with E-state index in [-0.39, 0.29) is 11.6 Å². The fourth-order valence-corrected chi connectivity index (χ4v) is 2.93. The molecule has 0 spiro atoms. The lowest BCUT2D eigenvalue weighted by atomic mass is 10.1. The van der Waals surface area contributed by atoms with E-state index in [0.29, 0.717) is 12.1 Å². The lowest BCUT2D eigenvalue weighted by Gasteiger charge is -2.05. The van der Waals surface area contributed by atoms with Crippen LogP contribution in [0.15, 0.2) is 4.52 Å². The van der Waals surface area contributed by atoms with Gasteiger partial charge in [-0.15, -0.1) is 0 Å². The number of hydrogen-bond acceptors (Lipinski definition) is 4. The van der Waals surface area contributed by atoms with Gasteiger partial charge in [0, 0.05) is 5.56 Å². The van der Waals surface area contributed by atoms with E-state index in [1.54, 1.807) is 13.8 Å². The predicted molar refractivity (Wildman–Crippen MR) is 76.8 cm³/mol. The minimum absolute atomic E-state index is 0.137. The third-order valence-corrected chi connectivity index (χ3v) is 4.49. The summed E-state index contributed by atoms with van der Waals surface area (Å²) >= 11 is 0. The van der Waals surface area contributed by atoms with Crippen molar-refractivity contribution in [1.82, 2.24) is 5.16 Å². The van der Waals surface area contributed by atoms with Crippen LogP contribution in [-0.4, -0.2) is 19.3 Å². The normalized spacial score (nSPS) is 11.7. The Labute approximate surface area is 115 Å². The van der Waals surface area contributed by atoms with Crippen LogP contribution in [0.4, 0.5) is 5.88 Å². The summed E-state index contributed by atoms with van der Waals surface area (Å²) in [5.74, 6) is 0.377. The van der Waals surface area contributed by atoms with Gasteiger partial charge in [-0.1, -0.05) is 44.2 Å². The number of sulfonamides is 1. The molecule has 0 aromatic carbocycles. The first kappa shape index (κ1) is 16.0. The third kappa shape index (κ3) is 5.63. The fourth-order valence-electron chi connectivity index (χ4n) is 1.78. The van der Waals surface area contributed by atoms with Crippen LogP contribution in [0.5, 0.6) is 0 Å². The van der Waals surface area contributed by atoms with Gasteiger partial charge in [-0.2, -0.15) is 0 Å². The van der Waals surface area contributed by atoms with Gasteiger partial charge in [0.25, 0.3) is 0 Å². The summed E-state index contributed by atoms with van der Waals surface area (Å²) < 4.78 is 31.1. The molecule has 1 aromatic heterocycles. The number of rotatable bonds is 9. The van der Waals surface area contributed by atoms with E-state index in [0.717, 1.165) is 18.4 Å². The molecule has 1 rings (SSSR count). The standard InChI is InChI=1S/C13H24N2O3S/c1-4-5-6-7-8-9-10-19(16,17)15-13-11(2)12(3)14-18-13/h15H,4-10H2,1-3H3. The molecule has 0 bridgehead atoms. The number of aryl methyl sites for hydroxylation is 1. The lowest BCUT2D eigenvalue weighted by Crippen LogP contribution is -2.16. The maximum absolute atomic E-state index is 11.9. The number of anilines is 1. The molecule has 0 aliphatic carbocycles. The quantitative estimate of drug-likeness (QED) is 0.707. The molecule has 110 valence electrons. The Morgan fingerprint density at radius 3 is 2.32 bits per heavy atom. The maximum atomic E-state index is 11.9. The minimum Gasteiger partial charge on any atom is -0.337 e. The third-order valence-electron chi connectivity index (χ3n) is 3.17. The van der Waals surface area contributed by atoms with Gasteiger partial charge in [-0.25, -0.2) is 8.42 Å². The monoisotopic (exact) mass is 288 g/mol. The zero-order chi connectivity index (χ0) is 14.3. The van der Waals surface area contributed by atoms with Crippen molar-refractivity contribution in [2.24, 2.45) is 0 Å². The first-order valence-electron chi connectivity index (χ1n) is 6.89. The van der Waals surface area contributed by atoms with E-state index >= 15 is 0 Å². The SMILES string of the molecule is CCCCCCCCS(=O)(=O)Nc1onc(C)c1C. The van der Waals surface area contributed by atoms with Gasteiger partial charge in [-0.3, -0.25) is 4.72 Å². The zero-order valence-electron chi connectivity index (χ0n) is 12.0. The molecular formula is C13H24N2O3S. The molecular weight excluding hydrogens is 264 g/mol. The molecule has 0 atom stereocenters. The topological polar surface area (TPSA) is 72.2 Å². The summed E-state index contributed by atoms with van der Waals surface area (Å²) in [6, 6.07) is 0. The lowest BCUT2D eigenvalue weighted by molar-refractivity contribution is 0.430. The molecule has 1 aromatic rings. The molecule has 0 saturated carbocycles. The van der Waals surface area contributed by atoms with E-state index in [1.165, 1.54) is 19.3 Å². The van der Waals surface area contributed by atoms with Crippen LogP contribution < -0.4 is 4.72 Å². The first-order chi connectivity index (χ1) is 8.96. The highest BCUT2D eigenvalue weighted by Gasteiger charge is 2.16. The molecule has 1 heterocycles. The Morgan fingerprint density at radius 2 is 1.74 bits per heavy atom. The second-order valence-corrected chi connectivity index (χ2v) is 6.75. The molecule has 0 saturated heterocycles. The second kappa shape index (κ2) is 7.53. The van der Waals surface area contributed by atoms with Crippen molar-refractivity contribution in [3.8, 4) is 0 Å². The van der Waals surface area contributed by atoms with Gasteiger partial charge in [0.2, 0.25) is 15.9 Å². The molecule has 0 radical (unpaired) electrons. The Kier molecular flexibility index (Phi) is 6.34. The van der Waals surface area contributed by atoms with Crippen molar-refractivity contribution < 1.29 is 12.9 Å². The average molecular weight is 288 g/mol. The van der Waals surface area contributed by atoms with Gasteiger partial charge in [0.15, 0.2) is 0 Å². The molecule has 0 amide bonds. The number of nitrogens with zero attached hydrogens (tertiary/aromatic N) is 1. The summed E-state index contributed by atoms with van der Waals surface area (Å²) in [5.41, 5.74) is 1.45. The van der Waals surface area contributed by atoms with Gasteiger partial charge in [0.05, 0.1) is 11.4 Å². The molecule has 19 heavy (non-hydrogen) atoms. The average Bonchev–Trinajstić information content (AvgIpc) is 2.65. The minimum atomic E-state index is -3.32. The van der Waals surface area contributed by atoms with Crippen molar-refractivity contribution in [2.45, 2.75) is 59.3 Å². The van der Waals surface area contributed by atoms with Crippen LogP contribution in [-0.2, 0) is 10.0 Å². The van der Waals surface area contributed by atoms with Crippen molar-refractivity contribution >= 4 is 15.9 Å². The van der Waals surface area contributed by atoms with Crippen LogP contribution in [0.3, 0.4) is 0 Å². The molecule has 1 N–H and O–H groups in total. The van der Waals surface area contributed by atoms with Crippen LogP contribution in [0.1, 0.15) is 56.7 Å². The van der Waals surface area contributed by atoms with E-state index in [1.807, 2.05) is 0 Å². The molecule has 0 fully saturated rings. The zero-order valence-corrected chi connectivity index (χ0v) is 12.8. The maximum Gasteiger partial charge on any atom is 0.241 e. The summed E-state index contributed by atoms with van der Waals surface area (Å²) in [6.07, 6.45) is 6.35. The Hall–Kier alpha value is -1.04. The number of hydrogen-bond donors (Lipinski definition) is 1. The molecule has 6 heteroatoms. The van der Waals surface area contributed by atoms with Crippen molar-refractivity contribution in [1.29, 1.82) is 0 Å². The van der Waals surface area contributed by atoms with E-state index in [2.05, 4.69) is 16.8 Å². The van der Waals surface area contributed by atoms with Gasteiger partial charge in [-0.05, 0) is 20.3 Å². The second-order valence-electron chi connectivity index (χ2n) is 4.91. The van der Waals surface area contributed by atoms with Gasteiger partial charge >= 0.3 is 0 Å².